The van der Waals surface area contributed by atoms with Crippen molar-refractivity contribution in [3.8, 4) is 22.6 Å². The van der Waals surface area contributed by atoms with Crippen molar-refractivity contribution in [3.05, 3.63) is 58.9 Å². The second-order valence-electron chi connectivity index (χ2n) is 4.84. The molecule has 0 spiro atoms. The molecule has 0 saturated carbocycles. The molecule has 1 aromatic heterocycles. The maximum absolute atomic E-state index is 12.2. The monoisotopic (exact) mass is 295 g/mol. The number of aromatic nitrogens is 1. The number of hydrogen-bond donors (Lipinski definition) is 2. The molecule has 0 amide bonds. The lowest BCUT2D eigenvalue weighted by Gasteiger charge is -2.08. The molecule has 1 heterocycles. The van der Waals surface area contributed by atoms with Gasteiger partial charge in [0.2, 0.25) is 0 Å². The first-order chi connectivity index (χ1) is 10.6. The largest absolute Gasteiger partial charge is 0.506 e. The Morgan fingerprint density at radius 2 is 1.77 bits per heavy atom. The molecule has 0 bridgehead atoms. The summed E-state index contributed by atoms with van der Waals surface area (Å²) in [4.78, 5) is 25.9. The Kier molecular flexibility index (Phi) is 3.39. The third-order valence-corrected chi connectivity index (χ3v) is 3.30. The van der Waals surface area contributed by atoms with Gasteiger partial charge >= 0.3 is 5.97 Å². The van der Waals surface area contributed by atoms with Gasteiger partial charge < -0.3 is 14.8 Å². The SMILES string of the molecule is CC(=O)Oc1ccc(-c2c(O)c3ccccc3[nH]c2=O)cc1. The Bertz CT molecular complexity index is 910. The van der Waals surface area contributed by atoms with Crippen LogP contribution < -0.4 is 10.3 Å². The third-order valence-electron chi connectivity index (χ3n) is 3.30. The lowest BCUT2D eigenvalue weighted by molar-refractivity contribution is -0.131. The van der Waals surface area contributed by atoms with Crippen molar-refractivity contribution < 1.29 is 14.6 Å². The summed E-state index contributed by atoms with van der Waals surface area (Å²) < 4.78 is 4.95. The van der Waals surface area contributed by atoms with Crippen LogP contribution in [0.5, 0.6) is 11.5 Å². The van der Waals surface area contributed by atoms with Crippen molar-refractivity contribution in [1.82, 2.24) is 4.98 Å². The molecule has 0 aliphatic carbocycles. The van der Waals surface area contributed by atoms with E-state index in [1.165, 1.54) is 6.92 Å². The molecule has 0 radical (unpaired) electrons. The highest BCUT2D eigenvalue weighted by Gasteiger charge is 2.13. The van der Waals surface area contributed by atoms with E-state index >= 15 is 0 Å². The van der Waals surface area contributed by atoms with Gasteiger partial charge in [-0.05, 0) is 29.8 Å². The lowest BCUT2D eigenvalue weighted by Crippen LogP contribution is -2.09. The lowest BCUT2D eigenvalue weighted by atomic mass is 10.0. The summed E-state index contributed by atoms with van der Waals surface area (Å²) >= 11 is 0. The van der Waals surface area contributed by atoms with Gasteiger partial charge in [-0.2, -0.15) is 0 Å². The molecule has 0 unspecified atom stereocenters. The molecule has 0 saturated heterocycles. The summed E-state index contributed by atoms with van der Waals surface area (Å²) in [5.41, 5.74) is 0.926. The molecular formula is C17H13NO4. The van der Waals surface area contributed by atoms with Crippen LogP contribution in [0.4, 0.5) is 0 Å². The van der Waals surface area contributed by atoms with E-state index in [1.807, 2.05) is 0 Å². The molecule has 3 rings (SSSR count). The predicted molar refractivity (Wildman–Crippen MR) is 83.0 cm³/mol. The molecule has 110 valence electrons. The molecule has 5 nitrogen and oxygen atoms in total. The second-order valence-corrected chi connectivity index (χ2v) is 4.84. The fourth-order valence-corrected chi connectivity index (χ4v) is 2.35. The number of hydrogen-bond acceptors (Lipinski definition) is 4. The zero-order chi connectivity index (χ0) is 15.7. The molecule has 2 N–H and O–H groups in total. The standard InChI is InChI=1S/C17H13NO4/c1-10(19)22-12-8-6-11(7-9-12)15-16(20)13-4-2-3-5-14(13)18-17(15)21/h2-9H,1H3,(H2,18,20,21). The zero-order valence-electron chi connectivity index (χ0n) is 11.8. The van der Waals surface area contributed by atoms with Crippen LogP contribution >= 0.6 is 0 Å². The van der Waals surface area contributed by atoms with Gasteiger partial charge in [0.15, 0.2) is 0 Å². The highest BCUT2D eigenvalue weighted by molar-refractivity contribution is 5.91. The topological polar surface area (TPSA) is 79.4 Å². The zero-order valence-corrected chi connectivity index (χ0v) is 11.8. The van der Waals surface area contributed by atoms with Crippen LogP contribution in [0.25, 0.3) is 22.0 Å². The Labute approximate surface area is 125 Å². The number of nitrogens with one attached hydrogen (secondary N) is 1. The summed E-state index contributed by atoms with van der Waals surface area (Å²) in [5.74, 6) is -0.105. The van der Waals surface area contributed by atoms with E-state index in [0.717, 1.165) is 0 Å². The van der Waals surface area contributed by atoms with Crippen molar-refractivity contribution >= 4 is 16.9 Å². The Morgan fingerprint density at radius 3 is 2.45 bits per heavy atom. The molecular weight excluding hydrogens is 282 g/mol. The molecule has 0 atom stereocenters. The highest BCUT2D eigenvalue weighted by atomic mass is 16.5. The van der Waals surface area contributed by atoms with Gasteiger partial charge in [-0.15, -0.1) is 0 Å². The summed E-state index contributed by atoms with van der Waals surface area (Å²) in [6, 6.07) is 13.4. The van der Waals surface area contributed by atoms with E-state index in [-0.39, 0.29) is 16.9 Å². The van der Waals surface area contributed by atoms with E-state index in [1.54, 1.807) is 48.5 Å². The van der Waals surface area contributed by atoms with Gasteiger partial charge in [0, 0.05) is 12.3 Å². The highest BCUT2D eigenvalue weighted by Crippen LogP contribution is 2.32. The van der Waals surface area contributed by atoms with Gasteiger partial charge in [-0.1, -0.05) is 24.3 Å². The van der Waals surface area contributed by atoms with Crippen molar-refractivity contribution in [2.75, 3.05) is 0 Å². The van der Waals surface area contributed by atoms with Crippen molar-refractivity contribution in [3.63, 3.8) is 0 Å². The molecule has 0 aliphatic rings. The van der Waals surface area contributed by atoms with Crippen LogP contribution in [0.15, 0.2) is 53.3 Å². The predicted octanol–water partition coefficient (Wildman–Crippen LogP) is 2.83. The number of carbonyl (C=O) groups is 1. The molecule has 3 aromatic rings. The number of rotatable bonds is 2. The summed E-state index contributed by atoms with van der Waals surface area (Å²) in [7, 11) is 0. The smallest absolute Gasteiger partial charge is 0.308 e. The average Bonchev–Trinajstić information content (AvgIpc) is 2.48. The number of H-pyrrole nitrogens is 1. The van der Waals surface area contributed by atoms with Crippen LogP contribution in [0, 0.1) is 0 Å². The molecule has 0 aliphatic heterocycles. The van der Waals surface area contributed by atoms with Gasteiger partial charge in [0.1, 0.15) is 11.5 Å². The maximum Gasteiger partial charge on any atom is 0.308 e. The van der Waals surface area contributed by atoms with Gasteiger partial charge in [0.05, 0.1) is 11.1 Å². The minimum atomic E-state index is -0.417. The molecule has 2 aromatic carbocycles. The maximum atomic E-state index is 12.2. The third kappa shape index (κ3) is 2.44. The number of fused-ring (bicyclic) bond motifs is 1. The van der Waals surface area contributed by atoms with E-state index in [2.05, 4.69) is 4.98 Å². The van der Waals surface area contributed by atoms with Gasteiger partial charge in [0.25, 0.3) is 5.56 Å². The number of aromatic hydroxyl groups is 1. The number of carbonyl (C=O) groups excluding carboxylic acids is 1. The van der Waals surface area contributed by atoms with Crippen LogP contribution in [0.1, 0.15) is 6.92 Å². The number of ether oxygens (including phenoxy) is 1. The Hall–Kier alpha value is -3.08. The Morgan fingerprint density at radius 1 is 1.09 bits per heavy atom. The summed E-state index contributed by atoms with van der Waals surface area (Å²) in [5, 5.41) is 11.0. The summed E-state index contributed by atoms with van der Waals surface area (Å²) in [6.45, 7) is 1.31. The van der Waals surface area contributed by atoms with E-state index < -0.39 is 5.97 Å². The van der Waals surface area contributed by atoms with Crippen molar-refractivity contribution in [1.29, 1.82) is 0 Å². The Balaban J connectivity index is 2.13. The van der Waals surface area contributed by atoms with Crippen molar-refractivity contribution in [2.45, 2.75) is 6.92 Å². The van der Waals surface area contributed by atoms with Gasteiger partial charge in [-0.25, -0.2) is 0 Å². The molecule has 0 fully saturated rings. The fourth-order valence-electron chi connectivity index (χ4n) is 2.35. The average molecular weight is 295 g/mol. The quantitative estimate of drug-likeness (QED) is 0.563. The minimum Gasteiger partial charge on any atom is -0.506 e. The number of pyridine rings is 1. The first kappa shape index (κ1) is 13.9. The fraction of sp³-hybridized carbons (Fsp3) is 0.0588. The molecule has 22 heavy (non-hydrogen) atoms. The van der Waals surface area contributed by atoms with E-state index in [0.29, 0.717) is 22.2 Å². The minimum absolute atomic E-state index is 0.0698. The van der Waals surface area contributed by atoms with Crippen LogP contribution in [0.3, 0.4) is 0 Å². The normalized spacial score (nSPS) is 10.6. The van der Waals surface area contributed by atoms with E-state index in [9.17, 15) is 14.7 Å². The molecule has 5 heteroatoms. The second kappa shape index (κ2) is 5.37. The number of esters is 1. The summed E-state index contributed by atoms with van der Waals surface area (Å²) in [6.07, 6.45) is 0. The number of aromatic amines is 1. The first-order valence-corrected chi connectivity index (χ1v) is 6.69. The van der Waals surface area contributed by atoms with Gasteiger partial charge in [-0.3, -0.25) is 9.59 Å². The van der Waals surface area contributed by atoms with Crippen LogP contribution in [-0.2, 0) is 4.79 Å². The van der Waals surface area contributed by atoms with Crippen molar-refractivity contribution in [2.24, 2.45) is 0 Å². The van der Waals surface area contributed by atoms with Crippen LogP contribution in [-0.4, -0.2) is 16.1 Å². The number of benzene rings is 2. The van der Waals surface area contributed by atoms with Crippen LogP contribution in [0.2, 0.25) is 0 Å². The number of para-hydroxylation sites is 1. The van der Waals surface area contributed by atoms with E-state index in [4.69, 9.17) is 4.74 Å². The first-order valence-electron chi connectivity index (χ1n) is 6.69.